The Morgan fingerprint density at radius 3 is 2.81 bits per heavy atom. The van der Waals surface area contributed by atoms with Crippen LogP contribution in [0.5, 0.6) is 17.2 Å². The number of fused-ring (bicyclic) bond motifs is 1. The van der Waals surface area contributed by atoms with E-state index in [1.54, 1.807) is 7.11 Å². The zero-order valence-electron chi connectivity index (χ0n) is 14.2. The molecule has 0 aromatic heterocycles. The van der Waals surface area contributed by atoms with Crippen molar-refractivity contribution in [1.82, 2.24) is 16.2 Å². The van der Waals surface area contributed by atoms with E-state index in [-0.39, 0.29) is 19.1 Å². The van der Waals surface area contributed by atoms with Gasteiger partial charge in [0, 0.05) is 12.1 Å². The molecule has 0 spiro atoms. The quantitative estimate of drug-likeness (QED) is 0.543. The summed E-state index contributed by atoms with van der Waals surface area (Å²) in [7, 11) is 1.57. The van der Waals surface area contributed by atoms with E-state index in [2.05, 4.69) is 16.2 Å². The van der Waals surface area contributed by atoms with Crippen LogP contribution in [0, 0.1) is 0 Å². The van der Waals surface area contributed by atoms with Gasteiger partial charge in [0.1, 0.15) is 5.75 Å². The number of amides is 1. The summed E-state index contributed by atoms with van der Waals surface area (Å²) in [6.07, 6.45) is 0.182. The van der Waals surface area contributed by atoms with E-state index in [1.165, 1.54) is 0 Å². The van der Waals surface area contributed by atoms with Crippen molar-refractivity contribution in [3.63, 3.8) is 0 Å². The number of rotatable bonds is 5. The van der Waals surface area contributed by atoms with Crippen molar-refractivity contribution in [1.29, 1.82) is 0 Å². The van der Waals surface area contributed by atoms with E-state index >= 15 is 0 Å². The highest BCUT2D eigenvalue weighted by Crippen LogP contribution is 2.32. The highest BCUT2D eigenvalue weighted by Gasteiger charge is 2.13. The number of hydrogen-bond donors (Lipinski definition) is 3. The Bertz CT molecular complexity index is 813. The Labute approximate surface area is 156 Å². The van der Waals surface area contributed by atoms with Gasteiger partial charge in [0.25, 0.3) is 0 Å². The lowest BCUT2D eigenvalue weighted by molar-refractivity contribution is -0.121. The average molecular weight is 373 g/mol. The molecule has 136 valence electrons. The summed E-state index contributed by atoms with van der Waals surface area (Å²) in [6, 6.07) is 13.0. The Balaban J connectivity index is 1.43. The first-order valence-electron chi connectivity index (χ1n) is 7.99. The molecule has 26 heavy (non-hydrogen) atoms. The van der Waals surface area contributed by atoms with E-state index in [0.29, 0.717) is 23.2 Å². The summed E-state index contributed by atoms with van der Waals surface area (Å²) in [5, 5.41) is 3.33. The number of para-hydroxylation sites is 1. The highest BCUT2D eigenvalue weighted by molar-refractivity contribution is 7.80. The van der Waals surface area contributed by atoms with E-state index in [4.69, 9.17) is 26.4 Å². The molecule has 0 bridgehead atoms. The van der Waals surface area contributed by atoms with Crippen LogP contribution in [0.1, 0.15) is 11.1 Å². The molecule has 1 heterocycles. The first-order chi connectivity index (χ1) is 12.7. The molecule has 0 aliphatic carbocycles. The first-order valence-corrected chi connectivity index (χ1v) is 8.39. The van der Waals surface area contributed by atoms with E-state index in [0.717, 1.165) is 16.9 Å². The molecule has 0 atom stereocenters. The third-order valence-corrected chi connectivity index (χ3v) is 4.00. The molecule has 1 aliphatic rings. The van der Waals surface area contributed by atoms with Gasteiger partial charge in [-0.2, -0.15) is 0 Å². The van der Waals surface area contributed by atoms with Crippen molar-refractivity contribution >= 4 is 23.2 Å². The number of thiocarbonyl (C=S) groups is 1. The summed E-state index contributed by atoms with van der Waals surface area (Å²) in [5.74, 6) is 1.90. The van der Waals surface area contributed by atoms with Crippen LogP contribution in [0.2, 0.25) is 0 Å². The first kappa shape index (κ1) is 17.8. The number of hydrazine groups is 1. The third kappa shape index (κ3) is 4.54. The fourth-order valence-corrected chi connectivity index (χ4v) is 2.59. The number of hydrogen-bond acceptors (Lipinski definition) is 5. The largest absolute Gasteiger partial charge is 0.496 e. The number of carbonyl (C=O) groups is 1. The molecule has 1 amide bonds. The molecule has 1 aliphatic heterocycles. The van der Waals surface area contributed by atoms with Crippen molar-refractivity contribution < 1.29 is 19.0 Å². The van der Waals surface area contributed by atoms with Gasteiger partial charge >= 0.3 is 0 Å². The number of ether oxygens (including phenoxy) is 3. The minimum atomic E-state index is -0.221. The lowest BCUT2D eigenvalue weighted by Crippen LogP contribution is -2.47. The van der Waals surface area contributed by atoms with Crippen molar-refractivity contribution in [2.24, 2.45) is 0 Å². The van der Waals surface area contributed by atoms with Crippen molar-refractivity contribution in [2.45, 2.75) is 13.0 Å². The van der Waals surface area contributed by atoms with Crippen LogP contribution in [0.4, 0.5) is 0 Å². The molecular formula is C18H19N3O4S. The predicted octanol–water partition coefficient (Wildman–Crippen LogP) is 1.66. The van der Waals surface area contributed by atoms with Gasteiger partial charge in [0.15, 0.2) is 16.6 Å². The molecule has 3 N–H and O–H groups in total. The Hall–Kier alpha value is -3.00. The van der Waals surface area contributed by atoms with Gasteiger partial charge in [-0.05, 0) is 36.0 Å². The van der Waals surface area contributed by atoms with E-state index in [9.17, 15) is 4.79 Å². The van der Waals surface area contributed by atoms with Gasteiger partial charge < -0.3 is 19.5 Å². The topological polar surface area (TPSA) is 80.9 Å². The molecule has 0 saturated carbocycles. The molecule has 7 nitrogen and oxygen atoms in total. The number of benzene rings is 2. The Kier molecular flexibility index (Phi) is 5.75. The SMILES string of the molecule is COc1ccccc1CC(=O)NNC(=S)NCc1ccc2c(c1)OCO2. The van der Waals surface area contributed by atoms with Crippen molar-refractivity contribution in [3.8, 4) is 17.2 Å². The normalized spacial score (nSPS) is 11.6. The molecule has 3 rings (SSSR count). The zero-order valence-corrected chi connectivity index (χ0v) is 15.0. The van der Waals surface area contributed by atoms with Crippen molar-refractivity contribution in [2.75, 3.05) is 13.9 Å². The summed E-state index contributed by atoms with van der Waals surface area (Å²) in [6.45, 7) is 0.731. The van der Waals surface area contributed by atoms with Crippen LogP contribution in [0.3, 0.4) is 0 Å². The summed E-state index contributed by atoms with van der Waals surface area (Å²) in [5.41, 5.74) is 7.04. The average Bonchev–Trinajstić information content (AvgIpc) is 3.13. The monoisotopic (exact) mass is 373 g/mol. The lowest BCUT2D eigenvalue weighted by atomic mass is 10.1. The molecule has 2 aromatic carbocycles. The van der Waals surface area contributed by atoms with Crippen LogP contribution < -0.4 is 30.4 Å². The molecule has 0 unspecified atom stereocenters. The minimum absolute atomic E-state index is 0.182. The lowest BCUT2D eigenvalue weighted by Gasteiger charge is -2.13. The maximum Gasteiger partial charge on any atom is 0.242 e. The predicted molar refractivity (Wildman–Crippen MR) is 100.0 cm³/mol. The molecule has 0 radical (unpaired) electrons. The second-order valence-electron chi connectivity index (χ2n) is 5.53. The van der Waals surface area contributed by atoms with Gasteiger partial charge in [0.05, 0.1) is 13.5 Å². The summed E-state index contributed by atoms with van der Waals surface area (Å²) in [4.78, 5) is 12.0. The molecule has 2 aromatic rings. The molecular weight excluding hydrogens is 354 g/mol. The zero-order chi connectivity index (χ0) is 18.4. The Morgan fingerprint density at radius 2 is 1.96 bits per heavy atom. The van der Waals surface area contributed by atoms with Gasteiger partial charge in [-0.25, -0.2) is 0 Å². The van der Waals surface area contributed by atoms with Gasteiger partial charge in [0.2, 0.25) is 12.7 Å². The fourth-order valence-electron chi connectivity index (χ4n) is 2.47. The minimum Gasteiger partial charge on any atom is -0.496 e. The summed E-state index contributed by atoms with van der Waals surface area (Å²) >= 11 is 5.17. The third-order valence-electron chi connectivity index (χ3n) is 3.75. The fraction of sp³-hybridized carbons (Fsp3) is 0.222. The number of carbonyl (C=O) groups excluding carboxylic acids is 1. The van der Waals surface area contributed by atoms with Gasteiger partial charge in [-0.3, -0.25) is 15.6 Å². The number of methoxy groups -OCH3 is 1. The molecule has 8 heteroatoms. The highest BCUT2D eigenvalue weighted by atomic mass is 32.1. The smallest absolute Gasteiger partial charge is 0.242 e. The molecule has 0 saturated heterocycles. The Morgan fingerprint density at radius 1 is 1.15 bits per heavy atom. The van der Waals surface area contributed by atoms with Crippen molar-refractivity contribution in [3.05, 3.63) is 53.6 Å². The second-order valence-corrected chi connectivity index (χ2v) is 5.94. The van der Waals surface area contributed by atoms with Gasteiger partial charge in [-0.1, -0.05) is 24.3 Å². The maximum absolute atomic E-state index is 12.0. The van der Waals surface area contributed by atoms with E-state index < -0.39 is 0 Å². The standard InChI is InChI=1S/C18H19N3O4S/c1-23-14-5-3-2-4-13(14)9-17(22)20-21-18(26)19-10-12-6-7-15-16(8-12)25-11-24-15/h2-8H,9-11H2,1H3,(H,20,22)(H2,19,21,26). The summed E-state index contributed by atoms with van der Waals surface area (Å²) < 4.78 is 15.8. The second kappa shape index (κ2) is 8.39. The number of nitrogens with one attached hydrogen (secondary N) is 3. The molecule has 0 fully saturated rings. The van der Waals surface area contributed by atoms with Crippen LogP contribution in [0.15, 0.2) is 42.5 Å². The maximum atomic E-state index is 12.0. The van der Waals surface area contributed by atoms with Crippen LogP contribution in [-0.2, 0) is 17.8 Å². The van der Waals surface area contributed by atoms with Crippen LogP contribution >= 0.6 is 12.2 Å². The van der Waals surface area contributed by atoms with Crippen LogP contribution in [-0.4, -0.2) is 24.9 Å². The van der Waals surface area contributed by atoms with Crippen LogP contribution in [0.25, 0.3) is 0 Å². The van der Waals surface area contributed by atoms with E-state index in [1.807, 2.05) is 42.5 Å². The van der Waals surface area contributed by atoms with Gasteiger partial charge in [-0.15, -0.1) is 0 Å².